The molecule has 8 N–H and O–H groups in total. The van der Waals surface area contributed by atoms with Crippen molar-refractivity contribution in [3.05, 3.63) is 0 Å². The molecule has 2 aliphatic rings. The Morgan fingerprint density at radius 2 is 1.85 bits per heavy atom. The second-order valence-electron chi connectivity index (χ2n) is 6.65. The van der Waals surface area contributed by atoms with E-state index in [2.05, 4.69) is 10.6 Å². The molecule has 0 saturated carbocycles. The molecule has 2 rings (SSSR count). The average Bonchev–Trinajstić information content (AvgIpc) is 2.92. The molecular weight excluding hydrogens is 384 g/mol. The Morgan fingerprint density at radius 3 is 2.41 bits per heavy atom. The molecule has 10 atom stereocenters. The molecule has 27 heavy (non-hydrogen) atoms. The van der Waals surface area contributed by atoms with E-state index < -0.39 is 72.1 Å². The highest BCUT2D eigenvalue weighted by atomic mass is 32.2. The van der Waals surface area contributed by atoms with Crippen molar-refractivity contribution in [1.82, 2.24) is 10.6 Å². The van der Waals surface area contributed by atoms with Gasteiger partial charge in [-0.3, -0.25) is 4.79 Å². The Morgan fingerprint density at radius 1 is 1.19 bits per heavy atom. The van der Waals surface area contributed by atoms with Crippen LogP contribution in [-0.2, 0) is 14.3 Å². The first-order chi connectivity index (χ1) is 12.7. The van der Waals surface area contributed by atoms with E-state index in [1.54, 1.807) is 0 Å². The highest BCUT2D eigenvalue weighted by molar-refractivity contribution is 8.00. The van der Waals surface area contributed by atoms with E-state index in [9.17, 15) is 30.3 Å². The van der Waals surface area contributed by atoms with Crippen LogP contribution in [-0.4, -0.2) is 116 Å². The molecule has 158 valence electrons. The van der Waals surface area contributed by atoms with Crippen LogP contribution in [0, 0.1) is 0 Å². The Hall–Kier alpha value is -0.540. The number of aliphatic hydroxyl groups excluding tert-OH is 6. The van der Waals surface area contributed by atoms with E-state index in [-0.39, 0.29) is 6.54 Å². The summed E-state index contributed by atoms with van der Waals surface area (Å²) in [7, 11) is 1.34. The predicted molar refractivity (Wildman–Crippen MR) is 93.6 cm³/mol. The zero-order valence-electron chi connectivity index (χ0n) is 15.0. The van der Waals surface area contributed by atoms with Crippen LogP contribution in [0.15, 0.2) is 0 Å². The van der Waals surface area contributed by atoms with Gasteiger partial charge in [0.2, 0.25) is 5.91 Å². The van der Waals surface area contributed by atoms with Gasteiger partial charge >= 0.3 is 0 Å². The summed E-state index contributed by atoms with van der Waals surface area (Å²) in [6.45, 7) is 0.708. The van der Waals surface area contributed by atoms with E-state index in [0.29, 0.717) is 0 Å². The lowest BCUT2D eigenvalue weighted by molar-refractivity contribution is -0.255. The number of hydrogen-bond acceptors (Lipinski definition) is 11. The summed E-state index contributed by atoms with van der Waals surface area (Å²) in [4.78, 5) is 11.3. The average molecular weight is 412 g/mol. The lowest BCUT2D eigenvalue weighted by Gasteiger charge is -2.42. The number of thioether (sulfide) groups is 1. The van der Waals surface area contributed by atoms with Crippen LogP contribution in [0.1, 0.15) is 6.92 Å². The first-order valence-corrected chi connectivity index (χ1v) is 9.50. The minimum Gasteiger partial charge on any atom is -0.394 e. The van der Waals surface area contributed by atoms with Crippen molar-refractivity contribution >= 4 is 17.7 Å². The number of nitrogens with one attached hydrogen (secondary N) is 2. The molecule has 0 aromatic rings. The van der Waals surface area contributed by atoms with Crippen LogP contribution in [0.2, 0.25) is 0 Å². The number of carbonyl (C=O) groups excluding carboxylic acids is 1. The SMILES string of the molecule is CO[C@@H]1O[C@H](CN[C@H]2S[C@@H]([C@H](O)CO)[C@H](O)[C@H]2O)[C@@H](O)[C@H](O)[C@H]1NC(C)=O. The molecule has 12 heteroatoms. The van der Waals surface area contributed by atoms with Gasteiger partial charge in [0.1, 0.15) is 30.5 Å². The fourth-order valence-corrected chi connectivity index (χ4v) is 4.66. The number of amides is 1. The van der Waals surface area contributed by atoms with Crippen molar-refractivity contribution in [2.45, 2.75) is 66.5 Å². The molecule has 0 bridgehead atoms. The monoisotopic (exact) mass is 412 g/mol. The molecule has 0 unspecified atom stereocenters. The van der Waals surface area contributed by atoms with Gasteiger partial charge in [0.25, 0.3) is 0 Å². The molecule has 0 aromatic heterocycles. The van der Waals surface area contributed by atoms with Gasteiger partial charge in [0.05, 0.1) is 29.4 Å². The molecule has 0 radical (unpaired) electrons. The maximum absolute atomic E-state index is 11.3. The smallest absolute Gasteiger partial charge is 0.217 e. The van der Waals surface area contributed by atoms with Crippen LogP contribution >= 0.6 is 11.8 Å². The normalized spacial score (nSPS) is 43.5. The highest BCUT2D eigenvalue weighted by Gasteiger charge is 2.48. The quantitative estimate of drug-likeness (QED) is 0.203. The van der Waals surface area contributed by atoms with Gasteiger partial charge in [0, 0.05) is 20.6 Å². The van der Waals surface area contributed by atoms with Crippen molar-refractivity contribution in [3.8, 4) is 0 Å². The van der Waals surface area contributed by atoms with Gasteiger partial charge in [-0.05, 0) is 0 Å². The Bertz CT molecular complexity index is 500. The lowest BCUT2D eigenvalue weighted by Crippen LogP contribution is -2.65. The highest BCUT2D eigenvalue weighted by Crippen LogP contribution is 2.35. The van der Waals surface area contributed by atoms with Crippen molar-refractivity contribution < 1.29 is 44.9 Å². The standard InChI is InChI=1S/C15H28N2O9S/c1-5(19)17-8-10(22)9(21)7(26-15(8)25-2)3-16-14-12(24)11(23)13(27-14)6(20)4-18/h6-16,18,20-24H,3-4H2,1-2H3,(H,17,19)/t6-,7-,8-,9-,10-,11-,12-,13+,14+,15-/m1/s1. The van der Waals surface area contributed by atoms with Crippen molar-refractivity contribution in [3.63, 3.8) is 0 Å². The molecule has 11 nitrogen and oxygen atoms in total. The van der Waals surface area contributed by atoms with E-state index >= 15 is 0 Å². The number of methoxy groups -OCH3 is 1. The van der Waals surface area contributed by atoms with E-state index in [1.807, 2.05) is 0 Å². The molecule has 0 spiro atoms. The predicted octanol–water partition coefficient (Wildman–Crippen LogP) is -4.31. The third kappa shape index (κ3) is 5.09. The third-order valence-electron chi connectivity index (χ3n) is 4.69. The third-order valence-corrected chi connectivity index (χ3v) is 6.34. The number of carbonyl (C=O) groups is 1. The first-order valence-electron chi connectivity index (χ1n) is 8.56. The summed E-state index contributed by atoms with van der Waals surface area (Å²) < 4.78 is 10.7. The summed E-state index contributed by atoms with van der Waals surface area (Å²) in [6.07, 6.45) is -8.23. The zero-order chi connectivity index (χ0) is 20.3. The molecule has 1 amide bonds. The van der Waals surface area contributed by atoms with Gasteiger partial charge < -0.3 is 50.7 Å². The summed E-state index contributed by atoms with van der Waals surface area (Å²) in [5, 5.41) is 63.3. The fraction of sp³-hybridized carbons (Fsp3) is 0.933. The molecule has 0 aromatic carbocycles. The van der Waals surface area contributed by atoms with Crippen LogP contribution in [0.25, 0.3) is 0 Å². The zero-order valence-corrected chi connectivity index (χ0v) is 15.8. The Balaban J connectivity index is 1.96. The van der Waals surface area contributed by atoms with Gasteiger partial charge in [-0.25, -0.2) is 0 Å². The molecule has 2 fully saturated rings. The van der Waals surface area contributed by atoms with Gasteiger partial charge in [-0.15, -0.1) is 11.8 Å². The van der Waals surface area contributed by atoms with Crippen molar-refractivity contribution in [2.24, 2.45) is 0 Å². The van der Waals surface area contributed by atoms with Gasteiger partial charge in [-0.2, -0.15) is 0 Å². The number of ether oxygens (including phenoxy) is 2. The molecule has 0 aliphatic carbocycles. The van der Waals surface area contributed by atoms with Crippen LogP contribution in [0.5, 0.6) is 0 Å². The number of rotatable bonds is 7. The first kappa shape index (κ1) is 22.7. The van der Waals surface area contributed by atoms with Crippen molar-refractivity contribution in [2.75, 3.05) is 20.3 Å². The summed E-state index contributed by atoms with van der Waals surface area (Å²) in [5.41, 5.74) is 0. The number of hydrogen-bond donors (Lipinski definition) is 8. The van der Waals surface area contributed by atoms with Crippen LogP contribution in [0.4, 0.5) is 0 Å². The second-order valence-corrected chi connectivity index (χ2v) is 7.97. The maximum atomic E-state index is 11.3. The van der Waals surface area contributed by atoms with E-state index in [0.717, 1.165) is 11.8 Å². The second kappa shape index (κ2) is 9.78. The summed E-state index contributed by atoms with van der Waals surface area (Å²) in [6, 6.07) is -0.948. The molecule has 2 heterocycles. The maximum Gasteiger partial charge on any atom is 0.217 e. The summed E-state index contributed by atoms with van der Waals surface area (Å²) in [5.74, 6) is -0.415. The summed E-state index contributed by atoms with van der Waals surface area (Å²) >= 11 is 1.06. The minimum atomic E-state index is -1.34. The van der Waals surface area contributed by atoms with Crippen LogP contribution in [0.3, 0.4) is 0 Å². The molecule has 2 aliphatic heterocycles. The van der Waals surface area contributed by atoms with Crippen LogP contribution < -0.4 is 10.6 Å². The lowest BCUT2D eigenvalue weighted by atomic mass is 9.96. The van der Waals surface area contributed by atoms with Gasteiger partial charge in [-0.1, -0.05) is 0 Å². The fourth-order valence-electron chi connectivity index (χ4n) is 3.22. The largest absolute Gasteiger partial charge is 0.394 e. The Labute approximate surface area is 160 Å². The van der Waals surface area contributed by atoms with Crippen molar-refractivity contribution in [1.29, 1.82) is 0 Å². The van der Waals surface area contributed by atoms with E-state index in [1.165, 1.54) is 14.0 Å². The van der Waals surface area contributed by atoms with E-state index in [4.69, 9.17) is 14.6 Å². The molecule has 2 saturated heterocycles. The Kier molecular flexibility index (Phi) is 8.24. The number of aliphatic hydroxyl groups is 6. The topological polar surface area (TPSA) is 181 Å². The van der Waals surface area contributed by atoms with Gasteiger partial charge in [0.15, 0.2) is 6.29 Å². The minimum absolute atomic E-state index is 0.00569. The molecular formula is C15H28N2O9S.